The number of sulfonamides is 1. The van der Waals surface area contributed by atoms with Gasteiger partial charge in [-0.15, -0.1) is 0 Å². The van der Waals surface area contributed by atoms with Crippen LogP contribution >= 0.6 is 0 Å². The third kappa shape index (κ3) is 4.41. The molecule has 0 saturated heterocycles. The zero-order chi connectivity index (χ0) is 27.2. The summed E-state index contributed by atoms with van der Waals surface area (Å²) in [6, 6.07) is 17.7. The number of carbonyl (C=O) groups is 1. The summed E-state index contributed by atoms with van der Waals surface area (Å²) in [6.45, 7) is 7.83. The van der Waals surface area contributed by atoms with E-state index in [-0.39, 0.29) is 16.7 Å². The highest BCUT2D eigenvalue weighted by molar-refractivity contribution is 7.90. The lowest BCUT2D eigenvalue weighted by Gasteiger charge is -2.21. The van der Waals surface area contributed by atoms with Crippen molar-refractivity contribution in [2.45, 2.75) is 56.3 Å². The number of aryl methyl sites for hydroxylation is 2. The number of amides is 1. The molecule has 38 heavy (non-hydrogen) atoms. The van der Waals surface area contributed by atoms with E-state index in [1.807, 2.05) is 52.0 Å². The first kappa shape index (κ1) is 25.8. The largest absolute Gasteiger partial charge is 0.496 e. The highest BCUT2D eigenvalue weighted by atomic mass is 32.2. The van der Waals surface area contributed by atoms with Crippen LogP contribution in [0.3, 0.4) is 0 Å². The monoisotopic (exact) mass is 530 g/mol. The molecule has 0 aliphatic heterocycles. The number of nitrogens with zero attached hydrogens (tertiary/aromatic N) is 3. The molecule has 0 radical (unpaired) electrons. The van der Waals surface area contributed by atoms with Gasteiger partial charge >= 0.3 is 0 Å². The molecule has 1 fully saturated rings. The molecule has 1 aliphatic rings. The lowest BCUT2D eigenvalue weighted by molar-refractivity contribution is -0.122. The molecule has 1 saturated carbocycles. The lowest BCUT2D eigenvalue weighted by atomic mass is 9.89. The predicted molar refractivity (Wildman–Crippen MR) is 145 cm³/mol. The van der Waals surface area contributed by atoms with Gasteiger partial charge in [0.1, 0.15) is 5.75 Å². The van der Waals surface area contributed by atoms with Crippen LogP contribution < -0.4 is 9.46 Å². The van der Waals surface area contributed by atoms with E-state index < -0.39 is 21.3 Å². The van der Waals surface area contributed by atoms with E-state index in [1.165, 1.54) is 13.2 Å². The van der Waals surface area contributed by atoms with Crippen LogP contribution in [0, 0.1) is 13.8 Å². The van der Waals surface area contributed by atoms with Gasteiger partial charge in [0.15, 0.2) is 0 Å². The quantitative estimate of drug-likeness (QED) is 0.369. The number of fused-ring (bicyclic) bond motifs is 1. The zero-order valence-electron chi connectivity index (χ0n) is 22.0. The Kier molecular flexibility index (Phi) is 6.43. The van der Waals surface area contributed by atoms with E-state index in [0.717, 1.165) is 17.0 Å². The Bertz CT molecular complexity index is 1650. The van der Waals surface area contributed by atoms with Crippen molar-refractivity contribution in [1.29, 1.82) is 0 Å². The molecule has 1 N–H and O–H groups in total. The maximum absolute atomic E-state index is 14.0. The van der Waals surface area contributed by atoms with Gasteiger partial charge in [0.2, 0.25) is 5.91 Å². The van der Waals surface area contributed by atoms with E-state index in [9.17, 15) is 13.2 Å². The zero-order valence-corrected chi connectivity index (χ0v) is 22.8. The third-order valence-corrected chi connectivity index (χ3v) is 8.59. The minimum Gasteiger partial charge on any atom is -0.496 e. The Morgan fingerprint density at radius 1 is 1.05 bits per heavy atom. The average molecular weight is 531 g/mol. The molecule has 2 heterocycles. The van der Waals surface area contributed by atoms with E-state index in [2.05, 4.69) is 19.9 Å². The summed E-state index contributed by atoms with van der Waals surface area (Å²) < 4.78 is 35.2. The topological polar surface area (TPSA) is 111 Å². The summed E-state index contributed by atoms with van der Waals surface area (Å²) >= 11 is 0. The predicted octanol–water partition coefficient (Wildman–Crippen LogP) is 4.70. The van der Waals surface area contributed by atoms with Crippen molar-refractivity contribution in [3.05, 3.63) is 88.9 Å². The molecular formula is C29H30N4O4S. The van der Waals surface area contributed by atoms with Crippen LogP contribution in [-0.4, -0.2) is 36.6 Å². The van der Waals surface area contributed by atoms with Gasteiger partial charge in [-0.3, -0.25) is 9.78 Å². The molecule has 2 atom stereocenters. The maximum Gasteiger partial charge on any atom is 0.264 e. The maximum atomic E-state index is 14.0. The smallest absolute Gasteiger partial charge is 0.264 e. The second kappa shape index (κ2) is 9.47. The van der Waals surface area contributed by atoms with Crippen LogP contribution in [0.25, 0.3) is 10.9 Å². The van der Waals surface area contributed by atoms with Crippen molar-refractivity contribution in [2.24, 2.45) is 0 Å². The number of pyridine rings is 1. The van der Waals surface area contributed by atoms with Gasteiger partial charge in [0, 0.05) is 22.6 Å². The van der Waals surface area contributed by atoms with Crippen LogP contribution in [0.4, 0.5) is 0 Å². The van der Waals surface area contributed by atoms with Crippen molar-refractivity contribution in [3.8, 4) is 5.75 Å². The molecule has 2 aromatic heterocycles. The van der Waals surface area contributed by atoms with Gasteiger partial charge < -0.3 is 4.74 Å². The molecule has 8 nitrogen and oxygen atoms in total. The number of hydrogen-bond acceptors (Lipinski definition) is 7. The normalized spacial score (nSPS) is 18.9. The second-order valence-corrected chi connectivity index (χ2v) is 11.8. The first-order chi connectivity index (χ1) is 18.1. The molecule has 1 amide bonds. The van der Waals surface area contributed by atoms with Gasteiger partial charge in [-0.25, -0.2) is 13.1 Å². The molecule has 4 aromatic rings. The van der Waals surface area contributed by atoms with Crippen LogP contribution in [0.2, 0.25) is 0 Å². The van der Waals surface area contributed by atoms with Crippen LogP contribution in [0.1, 0.15) is 60.3 Å². The Hall–Kier alpha value is -3.85. The van der Waals surface area contributed by atoms with Crippen LogP contribution in [-0.2, 0) is 20.2 Å². The van der Waals surface area contributed by atoms with Gasteiger partial charge in [0.05, 0.1) is 34.3 Å². The van der Waals surface area contributed by atoms with Crippen molar-refractivity contribution in [1.82, 2.24) is 19.9 Å². The van der Waals surface area contributed by atoms with Crippen molar-refractivity contribution >= 4 is 26.8 Å². The summed E-state index contributed by atoms with van der Waals surface area (Å²) in [5.41, 5.74) is 3.17. The molecule has 0 unspecified atom stereocenters. The van der Waals surface area contributed by atoms with Crippen LogP contribution in [0.5, 0.6) is 5.75 Å². The number of aromatic nitrogens is 3. The summed E-state index contributed by atoms with van der Waals surface area (Å²) in [6.07, 6.45) is 0.375. The fourth-order valence-electron chi connectivity index (χ4n) is 5.04. The fraction of sp³-hybridized carbons (Fsp3) is 0.310. The standard InChI is InChI=1S/C29H30N4O4S/c1-17(2)23-12-13-25(32-31-23)22-16-29(22,21-15-18(3)9-14-26(21)37-5)28(34)33-38(35,36)27-8-6-7-24-20(27)11-10-19(4)30-24/h6-15,17,22H,16H2,1-5H3,(H,33,34)/t22-,29-/m1/s1. The second-order valence-electron chi connectivity index (χ2n) is 10.2. The summed E-state index contributed by atoms with van der Waals surface area (Å²) in [5, 5.41) is 9.21. The van der Waals surface area contributed by atoms with Crippen LogP contribution in [0.15, 0.2) is 65.6 Å². The summed E-state index contributed by atoms with van der Waals surface area (Å²) in [5.74, 6) is -0.260. The Morgan fingerprint density at radius 3 is 2.53 bits per heavy atom. The fourth-order valence-corrected chi connectivity index (χ4v) is 6.30. The molecule has 196 valence electrons. The Labute approximate surface area is 222 Å². The molecule has 5 rings (SSSR count). The molecular weight excluding hydrogens is 500 g/mol. The lowest BCUT2D eigenvalue weighted by Crippen LogP contribution is -2.40. The van der Waals surface area contributed by atoms with Gasteiger partial charge in [-0.1, -0.05) is 37.6 Å². The number of hydrogen-bond donors (Lipinski definition) is 1. The van der Waals surface area contributed by atoms with E-state index in [0.29, 0.717) is 34.3 Å². The highest BCUT2D eigenvalue weighted by Crippen LogP contribution is 2.62. The summed E-state index contributed by atoms with van der Waals surface area (Å²) in [4.78, 5) is 18.5. The minimum atomic E-state index is -4.22. The average Bonchev–Trinajstić information content (AvgIpc) is 3.65. The first-order valence-corrected chi connectivity index (χ1v) is 14.0. The molecule has 1 aliphatic carbocycles. The van der Waals surface area contributed by atoms with E-state index in [4.69, 9.17) is 4.74 Å². The van der Waals surface area contributed by atoms with Crippen molar-refractivity contribution in [3.63, 3.8) is 0 Å². The third-order valence-electron chi connectivity index (χ3n) is 7.20. The van der Waals surface area contributed by atoms with E-state index >= 15 is 0 Å². The van der Waals surface area contributed by atoms with Gasteiger partial charge in [0.25, 0.3) is 10.0 Å². The van der Waals surface area contributed by atoms with Gasteiger partial charge in [-0.05, 0) is 68.7 Å². The molecule has 2 aromatic carbocycles. The molecule has 9 heteroatoms. The van der Waals surface area contributed by atoms with Crippen molar-refractivity contribution < 1.29 is 17.9 Å². The SMILES string of the molecule is COc1ccc(C)cc1[C@]1(C(=O)NS(=O)(=O)c2cccc3nc(C)ccc23)C[C@@H]1c1ccc(C(C)C)nn1. The highest BCUT2D eigenvalue weighted by Gasteiger charge is 2.64. The number of methoxy groups -OCH3 is 1. The molecule has 0 bridgehead atoms. The Balaban J connectivity index is 1.58. The Morgan fingerprint density at radius 2 is 1.84 bits per heavy atom. The summed E-state index contributed by atoms with van der Waals surface area (Å²) in [7, 11) is -2.68. The minimum absolute atomic E-state index is 0.000449. The first-order valence-electron chi connectivity index (χ1n) is 12.5. The number of ether oxygens (including phenoxy) is 1. The van der Waals surface area contributed by atoms with E-state index in [1.54, 1.807) is 30.3 Å². The number of benzene rings is 2. The van der Waals surface area contributed by atoms with Gasteiger partial charge in [-0.2, -0.15) is 10.2 Å². The number of rotatable bonds is 7. The van der Waals surface area contributed by atoms with Crippen molar-refractivity contribution in [2.75, 3.05) is 7.11 Å². The number of carbonyl (C=O) groups excluding carboxylic acids is 1. The molecule has 0 spiro atoms. The number of nitrogens with one attached hydrogen (secondary N) is 1.